The van der Waals surface area contributed by atoms with Crippen LogP contribution in [0.5, 0.6) is 11.5 Å². The number of nitrogens with zero attached hydrogens (tertiary/aromatic N) is 2. The van der Waals surface area contributed by atoms with Gasteiger partial charge in [0.2, 0.25) is 0 Å². The fourth-order valence-corrected chi connectivity index (χ4v) is 2.96. The molecule has 0 aromatic heterocycles. The van der Waals surface area contributed by atoms with Gasteiger partial charge in [0.05, 0.1) is 6.21 Å². The molecule has 6 nitrogen and oxygen atoms in total. The molecule has 3 aromatic rings. The summed E-state index contributed by atoms with van der Waals surface area (Å²) in [6, 6.07) is 26.1. The lowest BCUT2D eigenvalue weighted by molar-refractivity contribution is -0.140. The Labute approximate surface area is 183 Å². The van der Waals surface area contributed by atoms with E-state index in [2.05, 4.69) is 29.3 Å². The smallest absolute Gasteiger partial charge is 0.323 e. The molecule has 1 amide bonds. The number of ether oxygens (including phenoxy) is 2. The predicted molar refractivity (Wildman–Crippen MR) is 124 cm³/mol. The Balaban J connectivity index is 1.65. The molecule has 3 aromatic carbocycles. The lowest BCUT2D eigenvalue weighted by atomic mass is 10.2. The van der Waals surface area contributed by atoms with E-state index in [1.54, 1.807) is 30.5 Å². The highest BCUT2D eigenvalue weighted by atomic mass is 16.7. The molecule has 3 rings (SSSR count). The van der Waals surface area contributed by atoms with Crippen LogP contribution in [-0.2, 0) is 4.79 Å². The third kappa shape index (κ3) is 6.60. The van der Waals surface area contributed by atoms with Gasteiger partial charge in [-0.05, 0) is 55.8 Å². The molecule has 0 aliphatic carbocycles. The molecule has 0 aliphatic rings. The molecule has 0 saturated heterocycles. The highest BCUT2D eigenvalue weighted by Crippen LogP contribution is 2.16. The molecule has 0 heterocycles. The summed E-state index contributed by atoms with van der Waals surface area (Å²) in [6.45, 7) is 6.15. The SMILES string of the molecule is CCN(CC)c1ccc(/C=N/NC(=O)C(Oc2ccccc2)Oc2ccccc2)cc1. The minimum atomic E-state index is -1.19. The summed E-state index contributed by atoms with van der Waals surface area (Å²) in [6.07, 6.45) is 0.401. The van der Waals surface area contributed by atoms with Crippen LogP contribution in [0.2, 0.25) is 0 Å². The molecule has 0 bridgehead atoms. The lowest BCUT2D eigenvalue weighted by Crippen LogP contribution is -2.40. The van der Waals surface area contributed by atoms with Crippen LogP contribution in [0.25, 0.3) is 0 Å². The molecular weight excluding hydrogens is 390 g/mol. The second kappa shape index (κ2) is 11.4. The monoisotopic (exact) mass is 417 g/mol. The van der Waals surface area contributed by atoms with Gasteiger partial charge in [-0.3, -0.25) is 4.79 Å². The Morgan fingerprint density at radius 3 is 1.87 bits per heavy atom. The molecule has 160 valence electrons. The van der Waals surface area contributed by atoms with Crippen molar-refractivity contribution in [2.24, 2.45) is 5.10 Å². The number of benzene rings is 3. The number of nitrogens with one attached hydrogen (secondary N) is 1. The van der Waals surface area contributed by atoms with Crippen LogP contribution in [-0.4, -0.2) is 31.5 Å². The average Bonchev–Trinajstić information content (AvgIpc) is 2.82. The highest BCUT2D eigenvalue weighted by molar-refractivity contribution is 5.84. The Bertz CT molecular complexity index is 915. The number of hydrazone groups is 1. The number of hydrogen-bond donors (Lipinski definition) is 1. The van der Waals surface area contributed by atoms with Crippen LogP contribution >= 0.6 is 0 Å². The zero-order valence-corrected chi connectivity index (χ0v) is 17.8. The van der Waals surface area contributed by atoms with Crippen LogP contribution in [0.4, 0.5) is 5.69 Å². The van der Waals surface area contributed by atoms with Gasteiger partial charge in [0.1, 0.15) is 11.5 Å². The molecule has 1 N–H and O–H groups in total. The lowest BCUT2D eigenvalue weighted by Gasteiger charge is -2.20. The Morgan fingerprint density at radius 2 is 1.39 bits per heavy atom. The van der Waals surface area contributed by atoms with Crippen molar-refractivity contribution < 1.29 is 14.3 Å². The summed E-state index contributed by atoms with van der Waals surface area (Å²) >= 11 is 0. The molecule has 0 radical (unpaired) electrons. The van der Waals surface area contributed by atoms with Crippen LogP contribution in [0.1, 0.15) is 19.4 Å². The van der Waals surface area contributed by atoms with Gasteiger partial charge in [-0.1, -0.05) is 48.5 Å². The standard InChI is InChI=1S/C25H27N3O3/c1-3-28(4-2)21-17-15-20(16-18-21)19-26-27-24(29)25(30-22-11-7-5-8-12-22)31-23-13-9-6-10-14-23/h5-19,25H,3-4H2,1-2H3,(H,27,29)/b26-19+. The first-order valence-corrected chi connectivity index (χ1v) is 10.3. The topological polar surface area (TPSA) is 63.2 Å². The van der Waals surface area contributed by atoms with E-state index in [0.717, 1.165) is 24.3 Å². The molecule has 0 saturated carbocycles. The zero-order valence-electron chi connectivity index (χ0n) is 17.8. The number of carbonyl (C=O) groups is 1. The van der Waals surface area contributed by atoms with E-state index >= 15 is 0 Å². The quantitative estimate of drug-likeness (QED) is 0.300. The molecule has 0 unspecified atom stereocenters. The second-order valence-corrected chi connectivity index (χ2v) is 6.69. The number of rotatable bonds is 10. The minimum absolute atomic E-state index is 0.510. The first kappa shape index (κ1) is 21.9. The largest absolute Gasteiger partial charge is 0.446 e. The van der Waals surface area contributed by atoms with E-state index < -0.39 is 12.2 Å². The minimum Gasteiger partial charge on any atom is -0.446 e. The molecule has 0 aliphatic heterocycles. The van der Waals surface area contributed by atoms with E-state index in [9.17, 15) is 4.79 Å². The maximum Gasteiger partial charge on any atom is 0.323 e. The summed E-state index contributed by atoms with van der Waals surface area (Å²) < 4.78 is 11.5. The number of carbonyl (C=O) groups excluding carboxylic acids is 1. The van der Waals surface area contributed by atoms with Crippen molar-refractivity contribution in [1.82, 2.24) is 5.43 Å². The zero-order chi connectivity index (χ0) is 21.9. The molecule has 0 atom stereocenters. The summed E-state index contributed by atoms with van der Waals surface area (Å²) in [7, 11) is 0. The Hall–Kier alpha value is -3.80. The van der Waals surface area contributed by atoms with Crippen LogP contribution < -0.4 is 19.8 Å². The fourth-order valence-electron chi connectivity index (χ4n) is 2.96. The van der Waals surface area contributed by atoms with Crippen molar-refractivity contribution in [3.05, 3.63) is 90.5 Å². The van der Waals surface area contributed by atoms with Gasteiger partial charge in [-0.25, -0.2) is 5.43 Å². The number of amides is 1. The van der Waals surface area contributed by atoms with Crippen molar-refractivity contribution >= 4 is 17.8 Å². The molecule has 6 heteroatoms. The van der Waals surface area contributed by atoms with E-state index in [1.165, 1.54) is 0 Å². The highest BCUT2D eigenvalue weighted by Gasteiger charge is 2.22. The van der Waals surface area contributed by atoms with Gasteiger partial charge in [0, 0.05) is 18.8 Å². The number of anilines is 1. The van der Waals surface area contributed by atoms with Crippen molar-refractivity contribution in [2.75, 3.05) is 18.0 Å². The van der Waals surface area contributed by atoms with Gasteiger partial charge in [-0.2, -0.15) is 5.10 Å². The summed E-state index contributed by atoms with van der Waals surface area (Å²) in [5.41, 5.74) is 4.53. The van der Waals surface area contributed by atoms with Gasteiger partial charge in [0.25, 0.3) is 0 Å². The summed E-state index contributed by atoms with van der Waals surface area (Å²) in [4.78, 5) is 14.9. The first-order chi connectivity index (χ1) is 15.2. The molecule has 0 spiro atoms. The van der Waals surface area contributed by atoms with E-state index in [0.29, 0.717) is 11.5 Å². The van der Waals surface area contributed by atoms with Crippen molar-refractivity contribution in [1.29, 1.82) is 0 Å². The first-order valence-electron chi connectivity index (χ1n) is 10.3. The maximum absolute atomic E-state index is 12.7. The number of para-hydroxylation sites is 2. The predicted octanol–water partition coefficient (Wildman–Crippen LogP) is 4.47. The summed E-state index contributed by atoms with van der Waals surface area (Å²) in [5, 5.41) is 4.06. The maximum atomic E-state index is 12.7. The normalized spacial score (nSPS) is 10.8. The van der Waals surface area contributed by atoms with E-state index in [-0.39, 0.29) is 0 Å². The van der Waals surface area contributed by atoms with Crippen LogP contribution in [0, 0.1) is 0 Å². The third-order valence-corrected chi connectivity index (χ3v) is 4.60. The Kier molecular flexibility index (Phi) is 8.05. The van der Waals surface area contributed by atoms with Crippen LogP contribution in [0.3, 0.4) is 0 Å². The molecule has 0 fully saturated rings. The van der Waals surface area contributed by atoms with Crippen molar-refractivity contribution in [3.8, 4) is 11.5 Å². The average molecular weight is 418 g/mol. The van der Waals surface area contributed by atoms with E-state index in [4.69, 9.17) is 9.47 Å². The second-order valence-electron chi connectivity index (χ2n) is 6.69. The van der Waals surface area contributed by atoms with Gasteiger partial charge < -0.3 is 14.4 Å². The van der Waals surface area contributed by atoms with Gasteiger partial charge in [-0.15, -0.1) is 0 Å². The van der Waals surface area contributed by atoms with Gasteiger partial charge >= 0.3 is 12.2 Å². The van der Waals surface area contributed by atoms with E-state index in [1.807, 2.05) is 60.7 Å². The fraction of sp³-hybridized carbons (Fsp3) is 0.200. The van der Waals surface area contributed by atoms with Crippen LogP contribution in [0.15, 0.2) is 90.0 Å². The van der Waals surface area contributed by atoms with Gasteiger partial charge in [0.15, 0.2) is 0 Å². The summed E-state index contributed by atoms with van der Waals surface area (Å²) in [5.74, 6) is 0.535. The third-order valence-electron chi connectivity index (χ3n) is 4.60. The van der Waals surface area contributed by atoms with Crippen molar-refractivity contribution in [2.45, 2.75) is 20.1 Å². The van der Waals surface area contributed by atoms with Crippen molar-refractivity contribution in [3.63, 3.8) is 0 Å². The Morgan fingerprint density at radius 1 is 0.871 bits per heavy atom. The molecule has 31 heavy (non-hydrogen) atoms. The molecular formula is C25H27N3O3. The number of hydrogen-bond acceptors (Lipinski definition) is 5.